The summed E-state index contributed by atoms with van der Waals surface area (Å²) in [5, 5.41) is 12.2. The molecule has 0 aliphatic rings. The van der Waals surface area contributed by atoms with Gasteiger partial charge in [0.1, 0.15) is 11.5 Å². The number of ether oxygens (including phenoxy) is 1. The summed E-state index contributed by atoms with van der Waals surface area (Å²) in [7, 11) is 1.94. The highest BCUT2D eigenvalue weighted by atomic mass is 35.5. The number of aromatic hydroxyl groups is 1. The molecule has 0 saturated heterocycles. The first-order valence-corrected chi connectivity index (χ1v) is 4.89. The Morgan fingerprint density at radius 1 is 1.33 bits per heavy atom. The van der Waals surface area contributed by atoms with E-state index in [-0.39, 0.29) is 18.2 Å². The van der Waals surface area contributed by atoms with Gasteiger partial charge in [-0.15, -0.1) is 12.4 Å². The maximum Gasteiger partial charge on any atom is 0.122 e. The minimum absolute atomic E-state index is 0. The topological polar surface area (TPSA) is 41.5 Å². The molecule has 0 aromatic heterocycles. The Kier molecular flexibility index (Phi) is 7.86. The molecule has 0 aliphatic carbocycles. The average molecular weight is 232 g/mol. The molecule has 0 spiro atoms. The van der Waals surface area contributed by atoms with Crippen LogP contribution in [0.15, 0.2) is 24.3 Å². The predicted octanol–water partition coefficient (Wildman–Crippen LogP) is 2.19. The zero-order valence-corrected chi connectivity index (χ0v) is 9.72. The van der Waals surface area contributed by atoms with Gasteiger partial charge in [0.2, 0.25) is 0 Å². The molecule has 0 fully saturated rings. The van der Waals surface area contributed by atoms with E-state index in [4.69, 9.17) is 9.84 Å². The third-order valence-electron chi connectivity index (χ3n) is 1.91. The van der Waals surface area contributed by atoms with Crippen LogP contribution in [0.25, 0.3) is 0 Å². The number of hydrogen-bond donors (Lipinski definition) is 2. The SMILES string of the molecule is CNCCCCOc1cccc(O)c1.Cl. The monoisotopic (exact) mass is 231 g/mol. The number of halogens is 1. The van der Waals surface area contributed by atoms with Crippen LogP contribution < -0.4 is 10.1 Å². The summed E-state index contributed by atoms with van der Waals surface area (Å²) in [6.07, 6.45) is 2.13. The molecular formula is C11H18ClNO2. The van der Waals surface area contributed by atoms with Gasteiger partial charge in [-0.05, 0) is 38.6 Å². The maximum atomic E-state index is 9.16. The van der Waals surface area contributed by atoms with E-state index >= 15 is 0 Å². The molecule has 86 valence electrons. The molecule has 1 rings (SSSR count). The molecule has 0 radical (unpaired) electrons. The van der Waals surface area contributed by atoms with Crippen molar-refractivity contribution >= 4 is 12.4 Å². The lowest BCUT2D eigenvalue weighted by molar-refractivity contribution is 0.305. The zero-order chi connectivity index (χ0) is 10.2. The second kappa shape index (κ2) is 8.38. The summed E-state index contributed by atoms with van der Waals surface area (Å²) in [6.45, 7) is 1.72. The van der Waals surface area contributed by atoms with Gasteiger partial charge in [0, 0.05) is 6.07 Å². The fourth-order valence-corrected chi connectivity index (χ4v) is 1.17. The number of unbranched alkanes of at least 4 members (excludes halogenated alkanes) is 1. The highest BCUT2D eigenvalue weighted by Crippen LogP contribution is 2.17. The molecule has 0 bridgehead atoms. The van der Waals surface area contributed by atoms with E-state index in [0.717, 1.165) is 25.1 Å². The first-order valence-electron chi connectivity index (χ1n) is 4.89. The highest BCUT2D eigenvalue weighted by molar-refractivity contribution is 5.85. The van der Waals surface area contributed by atoms with E-state index in [1.165, 1.54) is 0 Å². The van der Waals surface area contributed by atoms with E-state index < -0.39 is 0 Å². The number of benzene rings is 1. The van der Waals surface area contributed by atoms with Gasteiger partial charge in [-0.25, -0.2) is 0 Å². The highest BCUT2D eigenvalue weighted by Gasteiger charge is 1.94. The number of nitrogens with one attached hydrogen (secondary N) is 1. The van der Waals surface area contributed by atoms with Crippen molar-refractivity contribution in [3.63, 3.8) is 0 Å². The van der Waals surface area contributed by atoms with Crippen molar-refractivity contribution in [3.05, 3.63) is 24.3 Å². The summed E-state index contributed by atoms with van der Waals surface area (Å²) in [5.74, 6) is 0.979. The fraction of sp³-hybridized carbons (Fsp3) is 0.455. The van der Waals surface area contributed by atoms with Crippen LogP contribution >= 0.6 is 12.4 Å². The van der Waals surface area contributed by atoms with E-state index in [1.54, 1.807) is 18.2 Å². The smallest absolute Gasteiger partial charge is 0.122 e. The molecule has 0 atom stereocenters. The first kappa shape index (κ1) is 14.1. The van der Waals surface area contributed by atoms with Crippen LogP contribution in [-0.2, 0) is 0 Å². The van der Waals surface area contributed by atoms with Crippen molar-refractivity contribution in [1.29, 1.82) is 0 Å². The second-order valence-corrected chi connectivity index (χ2v) is 3.16. The van der Waals surface area contributed by atoms with E-state index in [0.29, 0.717) is 6.61 Å². The molecule has 4 heteroatoms. The second-order valence-electron chi connectivity index (χ2n) is 3.16. The number of phenolic OH excluding ortho intramolecular Hbond substituents is 1. The molecule has 3 nitrogen and oxygen atoms in total. The predicted molar refractivity (Wildman–Crippen MR) is 64.0 cm³/mol. The van der Waals surface area contributed by atoms with Gasteiger partial charge < -0.3 is 15.2 Å². The minimum atomic E-state index is 0. The molecule has 0 amide bonds. The van der Waals surface area contributed by atoms with Crippen LogP contribution in [0.1, 0.15) is 12.8 Å². The van der Waals surface area contributed by atoms with Gasteiger partial charge in [0.15, 0.2) is 0 Å². The van der Waals surface area contributed by atoms with Crippen LogP contribution in [0.4, 0.5) is 0 Å². The summed E-state index contributed by atoms with van der Waals surface area (Å²) in [5.41, 5.74) is 0. The van der Waals surface area contributed by atoms with E-state index in [9.17, 15) is 0 Å². The summed E-state index contributed by atoms with van der Waals surface area (Å²) >= 11 is 0. The molecule has 0 heterocycles. The van der Waals surface area contributed by atoms with E-state index in [2.05, 4.69) is 5.32 Å². The Morgan fingerprint density at radius 3 is 2.80 bits per heavy atom. The van der Waals surface area contributed by atoms with Crippen LogP contribution in [0.3, 0.4) is 0 Å². The quantitative estimate of drug-likeness (QED) is 0.738. The molecule has 2 N–H and O–H groups in total. The Morgan fingerprint density at radius 2 is 2.13 bits per heavy atom. The lowest BCUT2D eigenvalue weighted by Crippen LogP contribution is -2.09. The largest absolute Gasteiger partial charge is 0.508 e. The van der Waals surface area contributed by atoms with Gasteiger partial charge in [0.25, 0.3) is 0 Å². The van der Waals surface area contributed by atoms with Crippen molar-refractivity contribution in [2.75, 3.05) is 20.2 Å². The van der Waals surface area contributed by atoms with Crippen molar-refractivity contribution in [1.82, 2.24) is 5.32 Å². The maximum absolute atomic E-state index is 9.16. The molecule has 15 heavy (non-hydrogen) atoms. The molecule has 1 aromatic carbocycles. The fourth-order valence-electron chi connectivity index (χ4n) is 1.17. The van der Waals surface area contributed by atoms with Crippen LogP contribution in [0.5, 0.6) is 11.5 Å². The van der Waals surface area contributed by atoms with Gasteiger partial charge in [-0.2, -0.15) is 0 Å². The standard InChI is InChI=1S/C11H17NO2.ClH/c1-12-7-2-3-8-14-11-6-4-5-10(13)9-11;/h4-6,9,12-13H,2-3,7-8H2,1H3;1H. The van der Waals surface area contributed by atoms with Crippen molar-refractivity contribution in [2.24, 2.45) is 0 Å². The van der Waals surface area contributed by atoms with E-state index in [1.807, 2.05) is 13.1 Å². The zero-order valence-electron chi connectivity index (χ0n) is 8.90. The van der Waals surface area contributed by atoms with Gasteiger partial charge in [-0.1, -0.05) is 6.07 Å². The molecule has 1 aromatic rings. The summed E-state index contributed by atoms with van der Waals surface area (Å²) in [4.78, 5) is 0. The Balaban J connectivity index is 0.00000196. The third kappa shape index (κ3) is 6.20. The van der Waals surface area contributed by atoms with Gasteiger partial charge in [-0.3, -0.25) is 0 Å². The Labute approximate surface area is 96.9 Å². The molecule has 0 saturated carbocycles. The van der Waals surface area contributed by atoms with Gasteiger partial charge >= 0.3 is 0 Å². The number of hydrogen-bond acceptors (Lipinski definition) is 3. The Hall–Kier alpha value is -0.930. The lowest BCUT2D eigenvalue weighted by atomic mass is 10.3. The normalized spacial score (nSPS) is 9.40. The number of rotatable bonds is 6. The third-order valence-corrected chi connectivity index (χ3v) is 1.91. The number of phenols is 1. The minimum Gasteiger partial charge on any atom is -0.508 e. The first-order chi connectivity index (χ1) is 6.83. The van der Waals surface area contributed by atoms with Crippen molar-refractivity contribution < 1.29 is 9.84 Å². The van der Waals surface area contributed by atoms with Gasteiger partial charge in [0.05, 0.1) is 6.61 Å². The lowest BCUT2D eigenvalue weighted by Gasteiger charge is -2.05. The Bertz CT molecular complexity index is 269. The molecule has 0 unspecified atom stereocenters. The van der Waals surface area contributed by atoms with Crippen LogP contribution in [-0.4, -0.2) is 25.3 Å². The van der Waals surface area contributed by atoms with Crippen molar-refractivity contribution in [3.8, 4) is 11.5 Å². The average Bonchev–Trinajstić information content (AvgIpc) is 2.18. The van der Waals surface area contributed by atoms with Crippen LogP contribution in [0, 0.1) is 0 Å². The summed E-state index contributed by atoms with van der Waals surface area (Å²) in [6, 6.07) is 6.88. The van der Waals surface area contributed by atoms with Crippen molar-refractivity contribution in [2.45, 2.75) is 12.8 Å². The molecule has 0 aliphatic heterocycles. The summed E-state index contributed by atoms with van der Waals surface area (Å²) < 4.78 is 5.45. The molecular weight excluding hydrogens is 214 g/mol. The van der Waals surface area contributed by atoms with Crippen LogP contribution in [0.2, 0.25) is 0 Å².